The molecule has 137 heavy (non-hydrogen) atoms. The second kappa shape index (κ2) is 49.9. The molecule has 6 heterocycles. The normalized spacial score (nSPS) is 25.1. The maximum absolute atomic E-state index is 15.9. The molecule has 4 saturated heterocycles. The number of nitrogens with one attached hydrogen (secondary N) is 11. The lowest BCUT2D eigenvalue weighted by atomic mass is 9.97. The molecule has 3 aromatic carbocycles. The number of aliphatic hydroxyl groups is 1. The van der Waals surface area contributed by atoms with Gasteiger partial charge >= 0.3 is 17.9 Å². The molecule has 0 aliphatic carbocycles. The highest BCUT2D eigenvalue weighted by molar-refractivity contribution is 6.03. The van der Waals surface area contributed by atoms with Gasteiger partial charge in [0.15, 0.2) is 0 Å². The summed E-state index contributed by atoms with van der Waals surface area (Å²) in [5.74, 6) is -22.8. The van der Waals surface area contributed by atoms with Gasteiger partial charge in [-0.05, 0) is 111 Å². The van der Waals surface area contributed by atoms with E-state index in [4.69, 9.17) is 17.2 Å². The van der Waals surface area contributed by atoms with Crippen molar-refractivity contribution in [1.82, 2.24) is 87.2 Å². The zero-order valence-corrected chi connectivity index (χ0v) is 77.4. The zero-order valence-electron chi connectivity index (χ0n) is 77.4. The largest absolute Gasteiger partial charge is 0.508 e. The first-order valence-electron chi connectivity index (χ1n) is 46.0. The van der Waals surface area contributed by atoms with E-state index < -0.39 is 293 Å². The highest BCUT2D eigenvalue weighted by Crippen LogP contribution is 2.30. The van der Waals surface area contributed by atoms with Gasteiger partial charge in [-0.3, -0.25) is 95.9 Å². The van der Waals surface area contributed by atoms with Crippen molar-refractivity contribution in [2.45, 2.75) is 266 Å². The predicted molar refractivity (Wildman–Crippen MR) is 490 cm³/mol. The lowest BCUT2D eigenvalue weighted by Crippen LogP contribution is -2.61. The van der Waals surface area contributed by atoms with Crippen LogP contribution < -0.4 is 70.4 Å². The summed E-state index contributed by atoms with van der Waals surface area (Å²) in [5.41, 5.74) is 19.3. The molecule has 0 saturated carbocycles. The van der Waals surface area contributed by atoms with Crippen molar-refractivity contribution in [3.63, 3.8) is 0 Å². The SMILES string of the molecule is CCCC[C@H]1C(=O)N(C)[C@@H](CCCC)C(=O)N[C@@H](CC(C)C)C(=O)N[C@H](C(N)=O)CNCC(=O)N[C@@H](Cc2ccc(O)cc2)C(=O)N2CCCC[C@H]2C(=O)N[C@@H](CC(=O)O)C(=O)N2CCC[C@H]2C(=O)N[C@@H](CCC(N)=O)C(=O)N[C@@H](CCC(=O)O)C(=O)N2C[C@H](O)C[C@H]2C(=O)N[C@@H](Cc2c[nH]c3ccccc23)C(=O)N[C@@H](CC(N)=O)C(=O)N[C@@H](Cc2cn(CC(=O)O)c3ccccc23)C(=O)N1C. The highest BCUT2D eigenvalue weighted by Gasteiger charge is 2.48. The second-order valence-electron chi connectivity index (χ2n) is 35.7. The van der Waals surface area contributed by atoms with Crippen LogP contribution in [0.3, 0.4) is 0 Å². The van der Waals surface area contributed by atoms with Crippen LogP contribution in [0.5, 0.6) is 5.75 Å². The Morgan fingerprint density at radius 3 is 1.64 bits per heavy atom. The number of piperidine rings is 1. The van der Waals surface area contributed by atoms with Gasteiger partial charge in [0.1, 0.15) is 96.9 Å². The lowest BCUT2D eigenvalue weighted by molar-refractivity contribution is -0.149. The molecule has 15 atom stereocenters. The molecule has 2 aromatic heterocycles. The van der Waals surface area contributed by atoms with Crippen LogP contribution in [0.2, 0.25) is 0 Å². The fraction of sp³-hybridized carbons (Fsp3) is 0.543. The van der Waals surface area contributed by atoms with Gasteiger partial charge in [-0.25, -0.2) is 0 Å². The van der Waals surface area contributed by atoms with Crippen molar-refractivity contribution in [3.8, 4) is 5.75 Å². The summed E-state index contributed by atoms with van der Waals surface area (Å²) in [6.45, 7) is 4.26. The molecule has 4 fully saturated rings. The van der Waals surface area contributed by atoms with Crippen molar-refractivity contribution in [2.24, 2.45) is 23.1 Å². The number of unbranched alkanes of at least 4 members (excludes halogenated alkanes) is 2. The van der Waals surface area contributed by atoms with Gasteiger partial charge in [-0.2, -0.15) is 0 Å². The first-order valence-corrected chi connectivity index (χ1v) is 46.0. The Morgan fingerprint density at radius 2 is 1.01 bits per heavy atom. The van der Waals surface area contributed by atoms with Gasteiger partial charge in [0, 0.05) is 113 Å². The number of carboxylic acid groups (broad SMARTS) is 3. The topological polar surface area (TPSA) is 678 Å². The van der Waals surface area contributed by atoms with Gasteiger partial charge in [-0.1, -0.05) is 102 Å². The van der Waals surface area contributed by atoms with Crippen molar-refractivity contribution in [2.75, 3.05) is 46.8 Å². The van der Waals surface area contributed by atoms with Crippen molar-refractivity contribution < 1.29 is 121 Å². The van der Waals surface area contributed by atoms with Crippen LogP contribution in [0.4, 0.5) is 0 Å². The minimum absolute atomic E-state index is 0.0236. The average Bonchev–Trinajstić information content (AvgIpc) is 1.65. The maximum Gasteiger partial charge on any atom is 0.323 e. The fourth-order valence-corrected chi connectivity index (χ4v) is 17.8. The van der Waals surface area contributed by atoms with E-state index in [-0.39, 0.29) is 81.7 Å². The monoisotopic (exact) mass is 1910 g/mol. The number of rotatable bonds is 27. The number of phenols is 1. The van der Waals surface area contributed by atoms with Crippen LogP contribution in [0.25, 0.3) is 21.8 Å². The third kappa shape index (κ3) is 29.4. The Labute approximate surface area is 789 Å². The molecule has 17 amide bonds. The number of phenolic OH excluding ortho intramolecular Hbond substituents is 1. The number of nitrogens with two attached hydrogens (primary N) is 3. The molecule has 9 rings (SSSR count). The minimum atomic E-state index is -2.05. The van der Waals surface area contributed by atoms with Gasteiger partial charge < -0.3 is 130 Å². The third-order valence-electron chi connectivity index (χ3n) is 24.9. The van der Waals surface area contributed by atoms with Gasteiger partial charge in [0.2, 0.25) is 100 Å². The quantitative estimate of drug-likeness (QED) is 0.0254. The summed E-state index contributed by atoms with van der Waals surface area (Å²) in [5, 5.41) is 78.9. The molecule has 0 bridgehead atoms. The van der Waals surface area contributed by atoms with E-state index in [1.165, 1.54) is 55.3 Å². The van der Waals surface area contributed by atoms with Crippen molar-refractivity contribution in [3.05, 3.63) is 102 Å². The summed E-state index contributed by atoms with van der Waals surface area (Å²) in [6.07, 6.45) is -3.57. The Bertz CT molecular complexity index is 5270. The molecule has 0 radical (unpaired) electrons. The number of carboxylic acids is 3. The van der Waals surface area contributed by atoms with Gasteiger partial charge in [0.25, 0.3) is 0 Å². The molecule has 744 valence electrons. The highest BCUT2D eigenvalue weighted by atomic mass is 16.4. The number of amides is 17. The number of fused-ring (bicyclic) bond motifs is 5. The molecule has 45 heteroatoms. The van der Waals surface area contributed by atoms with Crippen LogP contribution >= 0.6 is 0 Å². The average molecular weight is 1910 g/mol. The molecule has 22 N–H and O–H groups in total. The number of hydrogen-bond acceptors (Lipinski definition) is 23. The van der Waals surface area contributed by atoms with Crippen molar-refractivity contribution >= 4 is 140 Å². The number of H-pyrrole nitrogens is 1. The molecule has 5 aromatic rings. The van der Waals surface area contributed by atoms with Crippen LogP contribution in [-0.2, 0) is 122 Å². The number of aliphatic hydroxyl groups excluding tert-OH is 1. The van der Waals surface area contributed by atoms with E-state index in [9.17, 15) is 83.1 Å². The first kappa shape index (κ1) is 107. The van der Waals surface area contributed by atoms with E-state index in [1.54, 1.807) is 69.3 Å². The maximum atomic E-state index is 15.9. The summed E-state index contributed by atoms with van der Waals surface area (Å²) in [6, 6.07) is -4.90. The summed E-state index contributed by atoms with van der Waals surface area (Å²) < 4.78 is 1.38. The number of aromatic hydroxyl groups is 1. The molecule has 0 spiro atoms. The van der Waals surface area contributed by atoms with Crippen LogP contribution in [-0.4, -0.2) is 315 Å². The second-order valence-corrected chi connectivity index (χ2v) is 35.7. The number of primary amides is 3. The number of aliphatic carboxylic acids is 3. The first-order chi connectivity index (χ1) is 65.1. The van der Waals surface area contributed by atoms with Crippen LogP contribution in [0, 0.1) is 5.92 Å². The standard InChI is InChI=1S/C92H126N20O25/c1-7-9-21-68-84(129)102-60(36-49(3)4)81(126)106-66(79(95)124)44-96-45-75(117)98-63(37-50-26-28-53(113)29-27-50)90(135)110-34-16-15-24-69(110)86(131)105-65(42-77(120)121)91(136)111-35-17-25-70(111)85(130)99-58(30-32-73(93)115)80(125)100-59(31-33-76(118)119)89(134)112-47-54(114)40-72(112)87(132)103-61(38-51-43-97-57-20-13-11-18-55(51)57)82(127)101-62(41-74(94)116)83(128)104-64(88(133)108(6)71(22-10-8-2)92(137)107(68)5)39-52-46-109(48-78(122)123)67-23-14-12-19-56(52)67/h11-14,18-20,23,26-29,43,46,49,54,58-66,68-72,96-97,113-114H,7-10,15-17,21-22,24-25,30-42,44-45,47-48H2,1-6H3,(H2,93,115)(H2,94,116)(H2,95,124)(H,98,117)(H,99,130)(H,100,125)(H,101,127)(H,102,129)(H,103,132)(H,104,128)(H,105,131)(H,106,126)(H,118,119)(H,120,121)(H,122,123)/t54-,58+,59+,60+,61+,62+,63+,64+,65+,66+,68+,69+,70+,71+,72+/m1/s1. The number of hydrogen-bond donors (Lipinski definition) is 19. The van der Waals surface area contributed by atoms with E-state index in [1.807, 2.05) is 6.92 Å². The fourth-order valence-electron chi connectivity index (χ4n) is 17.8. The van der Waals surface area contributed by atoms with E-state index in [0.29, 0.717) is 65.0 Å². The number of aromatic nitrogens is 2. The Hall–Kier alpha value is -14.1. The number of carbonyl (C=O) groups excluding carboxylic acids is 17. The molecular weight excluding hydrogens is 1790 g/mol. The molecule has 0 unspecified atom stereocenters. The molecule has 45 nitrogen and oxygen atoms in total. The third-order valence-corrected chi connectivity index (χ3v) is 24.9. The lowest BCUT2D eigenvalue weighted by Gasteiger charge is -2.38. The van der Waals surface area contributed by atoms with Crippen LogP contribution in [0.1, 0.15) is 166 Å². The number of aromatic amines is 1. The molecule has 4 aliphatic rings. The van der Waals surface area contributed by atoms with Gasteiger partial charge in [0.05, 0.1) is 25.5 Å². The molecular formula is C92H126N20O25. The van der Waals surface area contributed by atoms with Crippen LogP contribution in [0.15, 0.2) is 85.2 Å². The summed E-state index contributed by atoms with van der Waals surface area (Å²) in [7, 11) is 2.59. The number of benzene rings is 3. The van der Waals surface area contributed by atoms with E-state index >= 15 is 38.4 Å². The van der Waals surface area contributed by atoms with E-state index in [0.717, 1.165) is 24.5 Å². The van der Waals surface area contributed by atoms with E-state index in [2.05, 4.69) is 58.2 Å². The number of para-hydroxylation sites is 2. The number of likely N-dealkylation sites (N-methyl/N-ethyl adjacent to an activating group) is 2. The van der Waals surface area contributed by atoms with Gasteiger partial charge in [-0.15, -0.1) is 0 Å². The Morgan fingerprint density at radius 1 is 0.474 bits per heavy atom. The minimum Gasteiger partial charge on any atom is -0.508 e. The molecule has 4 aliphatic heterocycles. The predicted octanol–water partition coefficient (Wildman–Crippen LogP) is -2.71. The summed E-state index contributed by atoms with van der Waals surface area (Å²) in [4.78, 5) is 296. The number of carbonyl (C=O) groups is 20. The zero-order chi connectivity index (χ0) is 100. The summed E-state index contributed by atoms with van der Waals surface area (Å²) >= 11 is 0. The van der Waals surface area contributed by atoms with Crippen molar-refractivity contribution in [1.29, 1.82) is 0 Å². The Kier molecular flexibility index (Phi) is 38.8. The Balaban J connectivity index is 1.12. The number of nitrogens with zero attached hydrogens (tertiary/aromatic N) is 6. The smallest absolute Gasteiger partial charge is 0.323 e.